The fourth-order valence-corrected chi connectivity index (χ4v) is 2.73. The van der Waals surface area contributed by atoms with Crippen LogP contribution in [0.2, 0.25) is 10.0 Å². The highest BCUT2D eigenvalue weighted by Crippen LogP contribution is 2.35. The van der Waals surface area contributed by atoms with Gasteiger partial charge in [0.1, 0.15) is 5.54 Å². The topological polar surface area (TPSA) is 55.1 Å². The van der Waals surface area contributed by atoms with Crippen molar-refractivity contribution in [3.63, 3.8) is 0 Å². The van der Waals surface area contributed by atoms with Crippen molar-refractivity contribution >= 4 is 50.7 Å². The molecule has 1 unspecified atom stereocenters. The Balaban J connectivity index is 2.48. The van der Waals surface area contributed by atoms with E-state index in [-0.39, 0.29) is 0 Å². The summed E-state index contributed by atoms with van der Waals surface area (Å²) >= 11 is 15.6. The first kappa shape index (κ1) is 16.1. The molecule has 0 spiro atoms. The number of hydrogen-bond acceptors (Lipinski definition) is 2. The van der Waals surface area contributed by atoms with E-state index in [0.29, 0.717) is 15.6 Å². The lowest BCUT2D eigenvalue weighted by Crippen LogP contribution is -2.45. The average Bonchev–Trinajstić information content (AvgIpc) is 2.44. The minimum Gasteiger partial charge on any atom is -0.368 e. The molecule has 0 bridgehead atoms. The first-order valence-corrected chi connectivity index (χ1v) is 7.67. The molecule has 0 aliphatic heterocycles. The van der Waals surface area contributed by atoms with Gasteiger partial charge in [0.05, 0.1) is 10.0 Å². The van der Waals surface area contributed by atoms with Crippen molar-refractivity contribution < 1.29 is 4.79 Å². The van der Waals surface area contributed by atoms with Crippen molar-refractivity contribution in [3.05, 3.63) is 62.5 Å². The van der Waals surface area contributed by atoms with Crippen molar-refractivity contribution in [2.75, 3.05) is 5.32 Å². The SMILES string of the molecule is CC(Nc1ccc(Br)cc1)(C(N)=O)c1cccc(Cl)c1Cl. The van der Waals surface area contributed by atoms with Gasteiger partial charge in [0, 0.05) is 15.7 Å². The van der Waals surface area contributed by atoms with Gasteiger partial charge in [-0.05, 0) is 37.3 Å². The van der Waals surface area contributed by atoms with Gasteiger partial charge in [-0.3, -0.25) is 4.79 Å². The van der Waals surface area contributed by atoms with Crippen molar-refractivity contribution in [1.82, 2.24) is 0 Å². The predicted octanol–water partition coefficient (Wildman–Crippen LogP) is 4.57. The highest BCUT2D eigenvalue weighted by atomic mass is 79.9. The van der Waals surface area contributed by atoms with E-state index in [0.717, 1.165) is 10.2 Å². The summed E-state index contributed by atoms with van der Waals surface area (Å²) in [5, 5.41) is 3.81. The van der Waals surface area contributed by atoms with Crippen molar-refractivity contribution in [3.8, 4) is 0 Å². The summed E-state index contributed by atoms with van der Waals surface area (Å²) in [4.78, 5) is 12.0. The predicted molar refractivity (Wildman–Crippen MR) is 90.8 cm³/mol. The smallest absolute Gasteiger partial charge is 0.247 e. The Morgan fingerprint density at radius 3 is 2.38 bits per heavy atom. The molecule has 0 aromatic heterocycles. The van der Waals surface area contributed by atoms with Crippen LogP contribution in [-0.4, -0.2) is 5.91 Å². The second-order valence-electron chi connectivity index (χ2n) is 4.72. The van der Waals surface area contributed by atoms with Crippen LogP contribution in [0.5, 0.6) is 0 Å². The molecule has 21 heavy (non-hydrogen) atoms. The molecule has 0 saturated carbocycles. The normalized spacial score (nSPS) is 13.5. The summed E-state index contributed by atoms with van der Waals surface area (Å²) in [6.07, 6.45) is 0. The minimum atomic E-state index is -1.17. The Morgan fingerprint density at radius 1 is 1.19 bits per heavy atom. The Kier molecular flexibility index (Phi) is 4.81. The van der Waals surface area contributed by atoms with E-state index in [1.165, 1.54) is 0 Å². The third-order valence-electron chi connectivity index (χ3n) is 3.22. The molecular weight excluding hydrogens is 375 g/mol. The molecule has 0 heterocycles. The molecule has 0 aliphatic carbocycles. The summed E-state index contributed by atoms with van der Waals surface area (Å²) in [6, 6.07) is 12.5. The molecule has 0 fully saturated rings. The van der Waals surface area contributed by atoms with E-state index in [1.807, 2.05) is 24.3 Å². The number of halogens is 3. The zero-order valence-electron chi connectivity index (χ0n) is 11.2. The van der Waals surface area contributed by atoms with Crippen LogP contribution >= 0.6 is 39.1 Å². The quantitative estimate of drug-likeness (QED) is 0.807. The summed E-state index contributed by atoms with van der Waals surface area (Å²) in [5.41, 5.74) is 5.70. The molecule has 6 heteroatoms. The molecule has 1 atom stereocenters. The lowest BCUT2D eigenvalue weighted by Gasteiger charge is -2.30. The molecule has 0 radical (unpaired) electrons. The number of anilines is 1. The van der Waals surface area contributed by atoms with Gasteiger partial charge in [-0.2, -0.15) is 0 Å². The summed E-state index contributed by atoms with van der Waals surface area (Å²) in [6.45, 7) is 1.68. The Labute approximate surface area is 141 Å². The maximum atomic E-state index is 12.0. The second kappa shape index (κ2) is 6.26. The van der Waals surface area contributed by atoms with Gasteiger partial charge >= 0.3 is 0 Å². The number of nitrogens with one attached hydrogen (secondary N) is 1. The van der Waals surface area contributed by atoms with Gasteiger partial charge in [-0.25, -0.2) is 0 Å². The Hall–Kier alpha value is -1.23. The van der Waals surface area contributed by atoms with E-state index in [1.54, 1.807) is 25.1 Å². The molecule has 2 aromatic rings. The van der Waals surface area contributed by atoms with E-state index in [2.05, 4.69) is 21.2 Å². The number of nitrogens with two attached hydrogens (primary N) is 1. The van der Waals surface area contributed by atoms with Crippen molar-refractivity contribution in [2.24, 2.45) is 5.73 Å². The number of carbonyl (C=O) groups excluding carboxylic acids is 1. The third-order valence-corrected chi connectivity index (χ3v) is 4.57. The van der Waals surface area contributed by atoms with Gasteiger partial charge in [-0.15, -0.1) is 0 Å². The molecule has 3 nitrogen and oxygen atoms in total. The zero-order chi connectivity index (χ0) is 15.6. The van der Waals surface area contributed by atoms with Crippen LogP contribution in [0.1, 0.15) is 12.5 Å². The van der Waals surface area contributed by atoms with Crippen LogP contribution in [0.3, 0.4) is 0 Å². The van der Waals surface area contributed by atoms with Crippen LogP contribution < -0.4 is 11.1 Å². The fourth-order valence-electron chi connectivity index (χ4n) is 1.97. The Morgan fingerprint density at radius 2 is 1.81 bits per heavy atom. The number of carbonyl (C=O) groups is 1. The van der Waals surface area contributed by atoms with Crippen LogP contribution in [0, 0.1) is 0 Å². The van der Waals surface area contributed by atoms with E-state index < -0.39 is 11.4 Å². The minimum absolute atomic E-state index is 0.310. The van der Waals surface area contributed by atoms with E-state index >= 15 is 0 Å². The van der Waals surface area contributed by atoms with Gasteiger partial charge in [0.2, 0.25) is 5.91 Å². The lowest BCUT2D eigenvalue weighted by molar-refractivity contribution is -0.122. The first-order valence-electron chi connectivity index (χ1n) is 6.13. The van der Waals surface area contributed by atoms with E-state index in [9.17, 15) is 4.79 Å². The highest BCUT2D eigenvalue weighted by Gasteiger charge is 2.35. The molecule has 0 saturated heterocycles. The number of primary amides is 1. The monoisotopic (exact) mass is 386 g/mol. The van der Waals surface area contributed by atoms with Crippen LogP contribution in [0.15, 0.2) is 46.9 Å². The lowest BCUT2D eigenvalue weighted by atomic mass is 9.90. The van der Waals surface area contributed by atoms with Crippen molar-refractivity contribution in [1.29, 1.82) is 0 Å². The Bertz CT molecular complexity index is 676. The molecule has 0 aliphatic rings. The third kappa shape index (κ3) is 3.34. The standard InChI is InChI=1S/C15H13BrCl2N2O/c1-15(14(19)21,11-3-2-4-12(17)13(11)18)20-10-7-5-9(16)6-8-10/h2-8,20H,1H3,(H2,19,21). The van der Waals surface area contributed by atoms with Crippen LogP contribution in [-0.2, 0) is 10.3 Å². The number of benzene rings is 2. The maximum absolute atomic E-state index is 12.0. The highest BCUT2D eigenvalue weighted by molar-refractivity contribution is 9.10. The zero-order valence-corrected chi connectivity index (χ0v) is 14.3. The van der Waals surface area contributed by atoms with Crippen molar-refractivity contribution in [2.45, 2.75) is 12.5 Å². The average molecular weight is 388 g/mol. The number of rotatable bonds is 4. The molecular formula is C15H13BrCl2N2O. The van der Waals surface area contributed by atoms with Gasteiger partial charge in [0.25, 0.3) is 0 Å². The molecule has 1 amide bonds. The maximum Gasteiger partial charge on any atom is 0.247 e. The summed E-state index contributed by atoms with van der Waals surface area (Å²) < 4.78 is 0.939. The largest absolute Gasteiger partial charge is 0.368 e. The molecule has 110 valence electrons. The summed E-state index contributed by atoms with van der Waals surface area (Å²) in [7, 11) is 0. The van der Waals surface area contributed by atoms with Crippen LogP contribution in [0.4, 0.5) is 5.69 Å². The molecule has 2 aromatic carbocycles. The summed E-state index contributed by atoms with van der Waals surface area (Å²) in [5.74, 6) is -0.547. The second-order valence-corrected chi connectivity index (χ2v) is 6.42. The number of hydrogen-bond donors (Lipinski definition) is 2. The molecule has 3 N–H and O–H groups in total. The van der Waals surface area contributed by atoms with Crippen LogP contribution in [0.25, 0.3) is 0 Å². The number of amides is 1. The fraction of sp³-hybridized carbons (Fsp3) is 0.133. The van der Waals surface area contributed by atoms with Gasteiger partial charge < -0.3 is 11.1 Å². The van der Waals surface area contributed by atoms with Gasteiger partial charge in [-0.1, -0.05) is 51.3 Å². The van der Waals surface area contributed by atoms with Gasteiger partial charge in [0.15, 0.2) is 0 Å². The van der Waals surface area contributed by atoms with E-state index in [4.69, 9.17) is 28.9 Å². The molecule has 2 rings (SSSR count). The first-order chi connectivity index (χ1) is 9.84.